The number of hydrogen-bond acceptors (Lipinski definition) is 5. The molecule has 1 aromatic carbocycles. The monoisotopic (exact) mass is 386 g/mol. The molecule has 1 aromatic heterocycles. The summed E-state index contributed by atoms with van der Waals surface area (Å²) in [6.45, 7) is 6.25. The molecule has 0 saturated carbocycles. The first kappa shape index (κ1) is 21.1. The van der Waals surface area contributed by atoms with Crippen molar-refractivity contribution < 1.29 is 19.0 Å². The van der Waals surface area contributed by atoms with Gasteiger partial charge in [-0.3, -0.25) is 5.32 Å². The summed E-state index contributed by atoms with van der Waals surface area (Å²) in [5.74, 6) is 0.0972. The van der Waals surface area contributed by atoms with Gasteiger partial charge in [-0.1, -0.05) is 19.9 Å². The first-order valence-electron chi connectivity index (χ1n) is 8.73. The highest BCUT2D eigenvalue weighted by Gasteiger charge is 2.22. The van der Waals surface area contributed by atoms with Gasteiger partial charge in [0, 0.05) is 11.1 Å². The van der Waals surface area contributed by atoms with E-state index in [1.54, 1.807) is 12.1 Å². The Labute approximate surface area is 163 Å². The van der Waals surface area contributed by atoms with Crippen molar-refractivity contribution in [2.24, 2.45) is 11.7 Å². The van der Waals surface area contributed by atoms with E-state index >= 15 is 0 Å². The summed E-state index contributed by atoms with van der Waals surface area (Å²) in [6, 6.07) is 7.95. The van der Waals surface area contributed by atoms with Crippen molar-refractivity contribution in [3.63, 3.8) is 0 Å². The number of nitriles is 1. The number of benzene rings is 1. The number of carbonyl (C=O) groups is 1. The Morgan fingerprint density at radius 1 is 1.46 bits per heavy atom. The van der Waals surface area contributed by atoms with Crippen LogP contribution in [0.15, 0.2) is 30.5 Å². The first-order chi connectivity index (χ1) is 13.1. The summed E-state index contributed by atoms with van der Waals surface area (Å²) in [5.41, 5.74) is 6.43. The molecule has 7 nitrogen and oxygen atoms in total. The van der Waals surface area contributed by atoms with Gasteiger partial charge in [-0.2, -0.15) is 5.26 Å². The van der Waals surface area contributed by atoms with Gasteiger partial charge >= 0.3 is 6.09 Å². The molecule has 0 aliphatic rings. The van der Waals surface area contributed by atoms with E-state index in [1.165, 1.54) is 12.1 Å². The van der Waals surface area contributed by atoms with Gasteiger partial charge < -0.3 is 15.6 Å². The largest absolute Gasteiger partial charge is 0.490 e. The number of anilines is 1. The molecular formula is C20H23FN4O3. The molecule has 1 amide bonds. The molecule has 0 bridgehead atoms. The van der Waals surface area contributed by atoms with Gasteiger partial charge in [-0.05, 0) is 43.0 Å². The Bertz CT molecular complexity index is 907. The van der Waals surface area contributed by atoms with Gasteiger partial charge in [0.25, 0.3) is 0 Å². The lowest BCUT2D eigenvalue weighted by atomic mass is 9.93. The molecule has 1 unspecified atom stereocenters. The predicted octanol–water partition coefficient (Wildman–Crippen LogP) is 3.99. The summed E-state index contributed by atoms with van der Waals surface area (Å²) in [6.07, 6.45) is 0.370. The van der Waals surface area contributed by atoms with E-state index in [0.717, 1.165) is 12.6 Å². The second-order valence-electron chi connectivity index (χ2n) is 7.34. The van der Waals surface area contributed by atoms with Gasteiger partial charge in [-0.15, -0.1) is 0 Å². The Morgan fingerprint density at radius 3 is 2.79 bits per heavy atom. The molecule has 0 aliphatic carbocycles. The highest BCUT2D eigenvalue weighted by atomic mass is 19.1. The van der Waals surface area contributed by atoms with Crippen LogP contribution in [0.1, 0.15) is 32.8 Å². The SMILES string of the molecule is CC(C)CC(C)(N)COc1ccc(-c2cc(NC(=O)O)ncc2F)cc1C#N. The fraction of sp³-hybridized carbons (Fsp3) is 0.350. The molecule has 2 aromatic rings. The van der Waals surface area contributed by atoms with Gasteiger partial charge in [0.15, 0.2) is 0 Å². The average molecular weight is 386 g/mol. The zero-order chi connectivity index (χ0) is 20.9. The zero-order valence-corrected chi connectivity index (χ0v) is 16.0. The summed E-state index contributed by atoms with van der Waals surface area (Å²) in [4.78, 5) is 14.4. The number of carboxylic acid groups (broad SMARTS) is 1. The van der Waals surface area contributed by atoms with Crippen LogP contribution >= 0.6 is 0 Å². The van der Waals surface area contributed by atoms with Crippen LogP contribution in [0.5, 0.6) is 5.75 Å². The van der Waals surface area contributed by atoms with Crippen molar-refractivity contribution in [1.29, 1.82) is 5.26 Å². The number of rotatable bonds is 7. The lowest BCUT2D eigenvalue weighted by Gasteiger charge is -2.26. The maximum absolute atomic E-state index is 14.2. The topological polar surface area (TPSA) is 121 Å². The van der Waals surface area contributed by atoms with Crippen LogP contribution in [0, 0.1) is 23.1 Å². The lowest BCUT2D eigenvalue weighted by molar-refractivity contribution is 0.206. The number of nitrogens with two attached hydrogens (primary N) is 1. The molecule has 0 spiro atoms. The molecule has 1 atom stereocenters. The number of nitrogens with zero attached hydrogens (tertiary/aromatic N) is 2. The molecule has 0 saturated heterocycles. The maximum Gasteiger partial charge on any atom is 0.410 e. The maximum atomic E-state index is 14.2. The Balaban J connectivity index is 2.29. The number of aromatic nitrogens is 1. The predicted molar refractivity (Wildman–Crippen MR) is 104 cm³/mol. The molecule has 28 heavy (non-hydrogen) atoms. The molecule has 0 radical (unpaired) electrons. The van der Waals surface area contributed by atoms with E-state index in [-0.39, 0.29) is 23.6 Å². The number of ether oxygens (including phenoxy) is 1. The highest BCUT2D eigenvalue weighted by molar-refractivity contribution is 5.83. The molecule has 2 rings (SSSR count). The summed E-state index contributed by atoms with van der Waals surface area (Å²) >= 11 is 0. The van der Waals surface area contributed by atoms with Gasteiger partial charge in [0.2, 0.25) is 0 Å². The minimum atomic E-state index is -1.31. The van der Waals surface area contributed by atoms with Crippen molar-refractivity contribution in [3.8, 4) is 22.9 Å². The normalized spacial score (nSPS) is 12.9. The zero-order valence-electron chi connectivity index (χ0n) is 16.0. The molecule has 148 valence electrons. The summed E-state index contributed by atoms with van der Waals surface area (Å²) < 4.78 is 19.9. The molecular weight excluding hydrogens is 363 g/mol. The fourth-order valence-corrected chi connectivity index (χ4v) is 2.98. The van der Waals surface area contributed by atoms with Crippen LogP contribution in [0.2, 0.25) is 0 Å². The number of amides is 1. The van der Waals surface area contributed by atoms with Gasteiger partial charge in [0.1, 0.15) is 30.1 Å². The number of halogens is 1. The van der Waals surface area contributed by atoms with Crippen molar-refractivity contribution in [1.82, 2.24) is 4.98 Å². The van der Waals surface area contributed by atoms with Crippen molar-refractivity contribution >= 4 is 11.9 Å². The quantitative estimate of drug-likeness (QED) is 0.661. The third kappa shape index (κ3) is 5.66. The van der Waals surface area contributed by atoms with E-state index in [1.807, 2.05) is 13.0 Å². The van der Waals surface area contributed by atoms with Crippen LogP contribution in [0.3, 0.4) is 0 Å². The van der Waals surface area contributed by atoms with Crippen molar-refractivity contribution in [2.75, 3.05) is 11.9 Å². The number of pyridine rings is 1. The summed E-state index contributed by atoms with van der Waals surface area (Å²) in [7, 11) is 0. The second kappa shape index (κ2) is 8.67. The minimum Gasteiger partial charge on any atom is -0.490 e. The Hall–Kier alpha value is -3.18. The van der Waals surface area contributed by atoms with Crippen LogP contribution in [0.4, 0.5) is 15.0 Å². The fourth-order valence-electron chi connectivity index (χ4n) is 2.98. The van der Waals surface area contributed by atoms with Crippen LogP contribution in [0.25, 0.3) is 11.1 Å². The molecule has 8 heteroatoms. The van der Waals surface area contributed by atoms with Crippen molar-refractivity contribution in [3.05, 3.63) is 41.8 Å². The molecule has 0 aliphatic heterocycles. The van der Waals surface area contributed by atoms with E-state index in [4.69, 9.17) is 15.6 Å². The standard InChI is InChI=1S/C20H23FN4O3/c1-12(2)8-20(3,23)11-28-17-5-4-13(6-14(17)9-22)15-7-18(25-19(26)27)24-10-16(15)21/h4-7,10,12H,8,11,23H2,1-3H3,(H,24,25)(H,26,27). The van der Waals surface area contributed by atoms with Crippen molar-refractivity contribution in [2.45, 2.75) is 32.7 Å². The minimum absolute atomic E-state index is 0.0182. The Morgan fingerprint density at radius 2 is 2.18 bits per heavy atom. The number of nitrogens with one attached hydrogen (secondary N) is 1. The molecule has 4 N–H and O–H groups in total. The van der Waals surface area contributed by atoms with Crippen LogP contribution < -0.4 is 15.8 Å². The van der Waals surface area contributed by atoms with E-state index in [9.17, 15) is 14.4 Å². The molecule has 1 heterocycles. The first-order valence-corrected chi connectivity index (χ1v) is 8.73. The highest BCUT2D eigenvalue weighted by Crippen LogP contribution is 2.30. The summed E-state index contributed by atoms with van der Waals surface area (Å²) in [5, 5.41) is 20.3. The second-order valence-corrected chi connectivity index (χ2v) is 7.34. The van der Waals surface area contributed by atoms with Crippen LogP contribution in [-0.4, -0.2) is 28.3 Å². The number of hydrogen-bond donors (Lipinski definition) is 3. The van der Waals surface area contributed by atoms with Gasteiger partial charge in [-0.25, -0.2) is 14.2 Å². The third-order valence-corrected chi connectivity index (χ3v) is 3.93. The smallest absolute Gasteiger partial charge is 0.410 e. The molecule has 0 fully saturated rings. The lowest BCUT2D eigenvalue weighted by Crippen LogP contribution is -2.43. The van der Waals surface area contributed by atoms with E-state index in [0.29, 0.717) is 17.2 Å². The average Bonchev–Trinajstić information content (AvgIpc) is 2.60. The Kier molecular flexibility index (Phi) is 6.54. The van der Waals surface area contributed by atoms with E-state index < -0.39 is 17.4 Å². The van der Waals surface area contributed by atoms with E-state index in [2.05, 4.69) is 24.1 Å². The van der Waals surface area contributed by atoms with Gasteiger partial charge in [0.05, 0.1) is 11.8 Å². The van der Waals surface area contributed by atoms with Crippen LogP contribution in [-0.2, 0) is 0 Å². The third-order valence-electron chi connectivity index (χ3n) is 3.93.